The van der Waals surface area contributed by atoms with Crippen molar-refractivity contribution in [2.75, 3.05) is 25.5 Å². The van der Waals surface area contributed by atoms with E-state index in [4.69, 9.17) is 0 Å². The summed E-state index contributed by atoms with van der Waals surface area (Å²) in [7, 11) is 1.70. The summed E-state index contributed by atoms with van der Waals surface area (Å²) < 4.78 is 1.45. The summed E-state index contributed by atoms with van der Waals surface area (Å²) in [4.78, 5) is 30.6. The van der Waals surface area contributed by atoms with Crippen molar-refractivity contribution in [2.45, 2.75) is 26.7 Å². The number of nitrogens with one attached hydrogen (secondary N) is 1. The molecule has 1 saturated heterocycles. The third-order valence-corrected chi connectivity index (χ3v) is 3.85. The fraction of sp³-hybridized carbons (Fsp3) is 0.389. The Kier molecular flexibility index (Phi) is 6.12. The Morgan fingerprint density at radius 3 is 2.46 bits per heavy atom. The van der Waals surface area contributed by atoms with Crippen LogP contribution in [0.4, 0.5) is 5.69 Å². The van der Waals surface area contributed by atoms with Gasteiger partial charge >= 0.3 is 0 Å². The van der Waals surface area contributed by atoms with Crippen molar-refractivity contribution in [2.24, 2.45) is 0 Å². The number of aromatic nitrogens is 2. The van der Waals surface area contributed by atoms with Crippen LogP contribution in [0.2, 0.25) is 0 Å². The van der Waals surface area contributed by atoms with Crippen LogP contribution in [0.5, 0.6) is 0 Å². The third kappa shape index (κ3) is 3.64. The zero-order valence-electron chi connectivity index (χ0n) is 14.5. The molecule has 128 valence electrons. The summed E-state index contributed by atoms with van der Waals surface area (Å²) in [6.07, 6.45) is 5.31. The molecule has 1 amide bonds. The minimum absolute atomic E-state index is 0.00729. The van der Waals surface area contributed by atoms with Gasteiger partial charge in [0.2, 0.25) is 0 Å². The number of hydrogen-bond donors (Lipinski definition) is 1. The molecule has 0 unspecified atom stereocenters. The Balaban J connectivity index is 0.00000100. The molecule has 24 heavy (non-hydrogen) atoms. The van der Waals surface area contributed by atoms with Crippen LogP contribution in [0.25, 0.3) is 5.82 Å². The summed E-state index contributed by atoms with van der Waals surface area (Å²) in [5.41, 5.74) is 0.890. The maximum absolute atomic E-state index is 12.3. The Morgan fingerprint density at radius 1 is 1.17 bits per heavy atom. The lowest BCUT2D eigenvalue weighted by Gasteiger charge is -2.15. The van der Waals surface area contributed by atoms with Gasteiger partial charge in [0.05, 0.1) is 5.56 Å². The molecule has 3 heterocycles. The molecule has 6 nitrogen and oxygen atoms in total. The lowest BCUT2D eigenvalue weighted by Crippen LogP contribution is -2.28. The van der Waals surface area contributed by atoms with Gasteiger partial charge in [-0.3, -0.25) is 14.2 Å². The van der Waals surface area contributed by atoms with E-state index in [1.165, 1.54) is 10.8 Å². The number of pyridine rings is 2. The second kappa shape index (κ2) is 8.29. The predicted molar refractivity (Wildman–Crippen MR) is 95.9 cm³/mol. The van der Waals surface area contributed by atoms with E-state index in [-0.39, 0.29) is 11.5 Å². The van der Waals surface area contributed by atoms with E-state index in [0.29, 0.717) is 17.1 Å². The number of anilines is 1. The summed E-state index contributed by atoms with van der Waals surface area (Å²) in [5, 5.41) is 2.85. The highest BCUT2D eigenvalue weighted by Crippen LogP contribution is 2.13. The van der Waals surface area contributed by atoms with E-state index in [0.717, 1.165) is 25.9 Å². The highest BCUT2D eigenvalue weighted by Gasteiger charge is 2.19. The SMILES string of the molecule is CC.CNc1cccn(-c2ccc(C(=O)N3CCCC3)cn2)c1=O. The number of likely N-dealkylation sites (tertiary alicyclic amines) is 1. The van der Waals surface area contributed by atoms with E-state index in [9.17, 15) is 9.59 Å². The summed E-state index contributed by atoms with van der Waals surface area (Å²) >= 11 is 0. The molecule has 1 fully saturated rings. The summed E-state index contributed by atoms with van der Waals surface area (Å²) in [5.74, 6) is 0.507. The molecule has 2 aromatic heterocycles. The number of carbonyl (C=O) groups excluding carboxylic acids is 1. The molecule has 1 N–H and O–H groups in total. The zero-order chi connectivity index (χ0) is 17.5. The summed E-state index contributed by atoms with van der Waals surface area (Å²) in [6.45, 7) is 5.62. The lowest BCUT2D eigenvalue weighted by atomic mass is 10.2. The molecule has 6 heteroatoms. The van der Waals surface area contributed by atoms with Crippen LogP contribution >= 0.6 is 0 Å². The van der Waals surface area contributed by atoms with Gasteiger partial charge in [0.1, 0.15) is 11.5 Å². The molecule has 2 aromatic rings. The van der Waals surface area contributed by atoms with Crippen LogP contribution in [0.3, 0.4) is 0 Å². The maximum atomic E-state index is 12.3. The molecule has 1 aliphatic heterocycles. The van der Waals surface area contributed by atoms with Crippen molar-refractivity contribution in [3.05, 3.63) is 52.6 Å². The van der Waals surface area contributed by atoms with E-state index in [2.05, 4.69) is 10.3 Å². The molecule has 0 aromatic carbocycles. The van der Waals surface area contributed by atoms with Gasteiger partial charge in [-0.2, -0.15) is 0 Å². The van der Waals surface area contributed by atoms with Crippen molar-refractivity contribution < 1.29 is 4.79 Å². The molecular formula is C18H24N4O2. The highest BCUT2D eigenvalue weighted by molar-refractivity contribution is 5.94. The highest BCUT2D eigenvalue weighted by atomic mass is 16.2. The average Bonchev–Trinajstić information content (AvgIpc) is 3.18. The molecule has 3 rings (SSSR count). The average molecular weight is 328 g/mol. The second-order valence-corrected chi connectivity index (χ2v) is 5.25. The van der Waals surface area contributed by atoms with E-state index < -0.39 is 0 Å². The number of carbonyl (C=O) groups is 1. The number of nitrogens with zero attached hydrogens (tertiary/aromatic N) is 3. The Bertz CT molecular complexity index is 731. The first-order valence-corrected chi connectivity index (χ1v) is 8.36. The van der Waals surface area contributed by atoms with Gasteiger partial charge in [-0.05, 0) is 37.1 Å². The maximum Gasteiger partial charge on any atom is 0.279 e. The normalized spacial score (nSPS) is 13.2. The number of amides is 1. The minimum atomic E-state index is -0.170. The van der Waals surface area contributed by atoms with Crippen LogP contribution < -0.4 is 10.9 Å². The van der Waals surface area contributed by atoms with Gasteiger partial charge in [0.15, 0.2) is 0 Å². The van der Waals surface area contributed by atoms with Gasteiger partial charge in [-0.15, -0.1) is 0 Å². The molecule has 0 spiro atoms. The van der Waals surface area contributed by atoms with Gasteiger partial charge in [-0.25, -0.2) is 4.98 Å². The Morgan fingerprint density at radius 2 is 1.88 bits per heavy atom. The van der Waals surface area contributed by atoms with Crippen LogP contribution in [-0.4, -0.2) is 40.5 Å². The minimum Gasteiger partial charge on any atom is -0.384 e. The fourth-order valence-corrected chi connectivity index (χ4v) is 2.62. The van der Waals surface area contributed by atoms with E-state index >= 15 is 0 Å². The van der Waals surface area contributed by atoms with E-state index in [1.54, 1.807) is 37.5 Å². The quantitative estimate of drug-likeness (QED) is 0.940. The predicted octanol–water partition coefficient (Wildman–Crippen LogP) is 2.54. The molecule has 0 bridgehead atoms. The first-order valence-electron chi connectivity index (χ1n) is 8.36. The molecule has 0 aliphatic carbocycles. The van der Waals surface area contributed by atoms with Gasteiger partial charge < -0.3 is 10.2 Å². The topological polar surface area (TPSA) is 67.2 Å². The fourth-order valence-electron chi connectivity index (χ4n) is 2.62. The van der Waals surface area contributed by atoms with Crippen LogP contribution in [0.15, 0.2) is 41.5 Å². The van der Waals surface area contributed by atoms with Crippen LogP contribution in [0, 0.1) is 0 Å². The molecule has 1 aliphatic rings. The van der Waals surface area contributed by atoms with Crippen molar-refractivity contribution in [1.82, 2.24) is 14.5 Å². The van der Waals surface area contributed by atoms with Gasteiger partial charge in [0.25, 0.3) is 11.5 Å². The smallest absolute Gasteiger partial charge is 0.279 e. The molecular weight excluding hydrogens is 304 g/mol. The Hall–Kier alpha value is -2.63. The third-order valence-electron chi connectivity index (χ3n) is 3.85. The molecule has 0 atom stereocenters. The second-order valence-electron chi connectivity index (χ2n) is 5.25. The van der Waals surface area contributed by atoms with E-state index in [1.807, 2.05) is 18.7 Å². The molecule has 0 radical (unpaired) electrons. The first-order chi connectivity index (χ1) is 11.7. The first kappa shape index (κ1) is 17.7. The Labute approximate surface area is 142 Å². The largest absolute Gasteiger partial charge is 0.384 e. The zero-order valence-corrected chi connectivity index (χ0v) is 14.5. The summed E-state index contributed by atoms with van der Waals surface area (Å²) in [6, 6.07) is 6.91. The monoisotopic (exact) mass is 328 g/mol. The van der Waals surface area contributed by atoms with Crippen molar-refractivity contribution in [1.29, 1.82) is 0 Å². The van der Waals surface area contributed by atoms with Gasteiger partial charge in [-0.1, -0.05) is 13.8 Å². The number of rotatable bonds is 3. The standard InChI is InChI=1S/C16H18N4O2.C2H6/c1-17-13-5-4-10-20(16(13)22)14-7-6-12(11-18-14)15(21)19-8-2-3-9-19;1-2/h4-7,10-11,17H,2-3,8-9H2,1H3;1-2H3. The van der Waals surface area contributed by atoms with Crippen molar-refractivity contribution in [3.63, 3.8) is 0 Å². The molecule has 0 saturated carbocycles. The van der Waals surface area contributed by atoms with Crippen LogP contribution in [0.1, 0.15) is 37.0 Å². The van der Waals surface area contributed by atoms with Crippen LogP contribution in [-0.2, 0) is 0 Å². The lowest BCUT2D eigenvalue weighted by molar-refractivity contribution is 0.0792. The van der Waals surface area contributed by atoms with Crippen molar-refractivity contribution >= 4 is 11.6 Å². The van der Waals surface area contributed by atoms with Gasteiger partial charge in [0, 0.05) is 32.5 Å². The number of hydrogen-bond acceptors (Lipinski definition) is 4. The van der Waals surface area contributed by atoms with Crippen molar-refractivity contribution in [3.8, 4) is 5.82 Å².